The van der Waals surface area contributed by atoms with Crippen LogP contribution in [0.4, 0.5) is 4.79 Å². The van der Waals surface area contributed by atoms with E-state index in [2.05, 4.69) is 4.99 Å². The summed E-state index contributed by atoms with van der Waals surface area (Å²) < 4.78 is 0. The summed E-state index contributed by atoms with van der Waals surface area (Å²) in [6, 6.07) is -0.642. The molecule has 0 radical (unpaired) electrons. The number of urea groups is 1. The van der Waals surface area contributed by atoms with E-state index in [9.17, 15) is 4.79 Å². The summed E-state index contributed by atoms with van der Waals surface area (Å²) in [5.41, 5.74) is 0. The van der Waals surface area contributed by atoms with Crippen molar-refractivity contribution in [1.29, 1.82) is 0 Å². The van der Waals surface area contributed by atoms with Crippen molar-refractivity contribution < 1.29 is 10.0 Å². The molecule has 0 atom stereocenters. The van der Waals surface area contributed by atoms with Gasteiger partial charge in [-0.25, -0.2) is 14.9 Å². The summed E-state index contributed by atoms with van der Waals surface area (Å²) in [7, 11) is 1.23. The predicted octanol–water partition coefficient (Wildman–Crippen LogP) is 0.908. The Morgan fingerprint density at radius 1 is 1.89 bits per heavy atom. The lowest BCUT2D eigenvalue weighted by Crippen LogP contribution is -2.18. The van der Waals surface area contributed by atoms with Gasteiger partial charge >= 0.3 is 6.03 Å². The molecule has 0 aliphatic carbocycles. The second-order valence-electron chi connectivity index (χ2n) is 1.53. The average Bonchev–Trinajstić information content (AvgIpc) is 1.82. The number of carbonyl (C=O) groups excluding carboxylic acids is 1. The zero-order valence-electron chi connectivity index (χ0n) is 5.53. The zero-order chi connectivity index (χ0) is 7.28. The lowest BCUT2D eigenvalue weighted by atomic mass is 10.5. The molecule has 0 heterocycles. The highest BCUT2D eigenvalue weighted by Crippen LogP contribution is 1.81. The Bertz CT molecular complexity index is 120. The molecule has 0 aliphatic rings. The van der Waals surface area contributed by atoms with Gasteiger partial charge in [0.15, 0.2) is 0 Å². The molecule has 1 N–H and O–H groups in total. The monoisotopic (exact) mass is 130 g/mol. The third-order valence-electron chi connectivity index (χ3n) is 0.661. The Balaban J connectivity index is 3.63. The van der Waals surface area contributed by atoms with Crippen molar-refractivity contribution in [3.05, 3.63) is 0 Å². The standard InChI is InChI=1S/C5H10N2O2/c1-3-4-6-5(8)7(2)9/h4,9H,3H2,1-2H3. The second kappa shape index (κ2) is 4.03. The fraction of sp³-hybridized carbons (Fsp3) is 0.600. The van der Waals surface area contributed by atoms with Gasteiger partial charge in [-0.3, -0.25) is 5.21 Å². The van der Waals surface area contributed by atoms with Gasteiger partial charge in [-0.15, -0.1) is 0 Å². The van der Waals surface area contributed by atoms with Crippen LogP contribution in [-0.2, 0) is 0 Å². The highest BCUT2D eigenvalue weighted by Gasteiger charge is 1.98. The lowest BCUT2D eigenvalue weighted by Gasteiger charge is -2.00. The van der Waals surface area contributed by atoms with Crippen LogP contribution >= 0.6 is 0 Å². The van der Waals surface area contributed by atoms with Crippen LogP contribution in [0.25, 0.3) is 0 Å². The highest BCUT2D eigenvalue weighted by atomic mass is 16.5. The average molecular weight is 130 g/mol. The van der Waals surface area contributed by atoms with Crippen molar-refractivity contribution in [1.82, 2.24) is 5.06 Å². The van der Waals surface area contributed by atoms with Crippen molar-refractivity contribution in [2.24, 2.45) is 4.99 Å². The van der Waals surface area contributed by atoms with Gasteiger partial charge in [-0.05, 0) is 6.42 Å². The molecule has 52 valence electrons. The smallest absolute Gasteiger partial charge is 0.285 e. The summed E-state index contributed by atoms with van der Waals surface area (Å²) in [6.45, 7) is 1.86. The van der Waals surface area contributed by atoms with E-state index in [1.807, 2.05) is 6.92 Å². The van der Waals surface area contributed by atoms with E-state index in [1.54, 1.807) is 0 Å². The van der Waals surface area contributed by atoms with Gasteiger partial charge in [0.2, 0.25) is 0 Å². The number of nitrogens with zero attached hydrogens (tertiary/aromatic N) is 2. The quantitative estimate of drug-likeness (QED) is 0.326. The molecule has 0 aliphatic heterocycles. The van der Waals surface area contributed by atoms with Crippen molar-refractivity contribution in [2.75, 3.05) is 7.05 Å². The van der Waals surface area contributed by atoms with Crippen LogP contribution in [0, 0.1) is 0 Å². The van der Waals surface area contributed by atoms with E-state index in [4.69, 9.17) is 5.21 Å². The Morgan fingerprint density at radius 2 is 2.44 bits per heavy atom. The Morgan fingerprint density at radius 3 is 2.78 bits per heavy atom. The van der Waals surface area contributed by atoms with Crippen LogP contribution in [0.15, 0.2) is 4.99 Å². The SMILES string of the molecule is CCC=NC(=O)N(C)O. The third kappa shape index (κ3) is 3.66. The predicted molar refractivity (Wildman–Crippen MR) is 33.7 cm³/mol. The Labute approximate surface area is 53.8 Å². The molecule has 0 unspecified atom stereocenters. The largest absolute Gasteiger partial charge is 0.366 e. The zero-order valence-corrected chi connectivity index (χ0v) is 5.53. The minimum absolute atomic E-state index is 0.437. The first-order valence-corrected chi connectivity index (χ1v) is 2.67. The highest BCUT2D eigenvalue weighted by molar-refractivity contribution is 5.82. The first-order valence-electron chi connectivity index (χ1n) is 2.67. The van der Waals surface area contributed by atoms with Crippen molar-refractivity contribution in [3.63, 3.8) is 0 Å². The number of rotatable bonds is 1. The van der Waals surface area contributed by atoms with Crippen molar-refractivity contribution in [3.8, 4) is 0 Å². The van der Waals surface area contributed by atoms with Crippen LogP contribution < -0.4 is 0 Å². The molecule has 4 nitrogen and oxygen atoms in total. The van der Waals surface area contributed by atoms with E-state index >= 15 is 0 Å². The molecular formula is C5H10N2O2. The van der Waals surface area contributed by atoms with Crippen LogP contribution in [-0.4, -0.2) is 29.6 Å². The number of hydroxylamine groups is 2. The Hall–Kier alpha value is -0.900. The number of hydrogen-bond donors (Lipinski definition) is 1. The molecule has 0 fully saturated rings. The number of hydrogen-bond acceptors (Lipinski definition) is 2. The van der Waals surface area contributed by atoms with E-state index in [-0.39, 0.29) is 0 Å². The fourth-order valence-electron chi connectivity index (χ4n) is 0.253. The molecule has 4 heteroatoms. The molecule has 0 saturated heterocycles. The molecule has 9 heavy (non-hydrogen) atoms. The number of carbonyl (C=O) groups is 1. The lowest BCUT2D eigenvalue weighted by molar-refractivity contribution is -0.0137. The van der Waals surface area contributed by atoms with Crippen LogP contribution in [0.5, 0.6) is 0 Å². The van der Waals surface area contributed by atoms with Gasteiger partial charge < -0.3 is 0 Å². The van der Waals surface area contributed by atoms with E-state index in [0.717, 1.165) is 0 Å². The van der Waals surface area contributed by atoms with Gasteiger partial charge in [-0.2, -0.15) is 0 Å². The summed E-state index contributed by atoms with van der Waals surface area (Å²) in [6.07, 6.45) is 2.13. The van der Waals surface area contributed by atoms with Crippen molar-refractivity contribution in [2.45, 2.75) is 13.3 Å². The molecule has 0 saturated carbocycles. The maximum atomic E-state index is 10.4. The molecule has 0 aromatic heterocycles. The van der Waals surface area contributed by atoms with Gasteiger partial charge in [0.05, 0.1) is 0 Å². The van der Waals surface area contributed by atoms with Gasteiger partial charge in [0, 0.05) is 13.3 Å². The topological polar surface area (TPSA) is 52.9 Å². The van der Waals surface area contributed by atoms with E-state index in [0.29, 0.717) is 11.5 Å². The third-order valence-corrected chi connectivity index (χ3v) is 0.661. The normalized spacial score (nSPS) is 10.1. The van der Waals surface area contributed by atoms with Crippen LogP contribution in [0.3, 0.4) is 0 Å². The molecule has 0 bridgehead atoms. The summed E-state index contributed by atoms with van der Waals surface area (Å²) in [4.78, 5) is 13.7. The van der Waals surface area contributed by atoms with Gasteiger partial charge in [0.1, 0.15) is 0 Å². The maximum absolute atomic E-state index is 10.4. The van der Waals surface area contributed by atoms with Gasteiger partial charge in [0.25, 0.3) is 0 Å². The molecule has 0 spiro atoms. The maximum Gasteiger partial charge on any atom is 0.366 e. The minimum atomic E-state index is -0.642. The second-order valence-corrected chi connectivity index (χ2v) is 1.53. The first kappa shape index (κ1) is 8.10. The first-order chi connectivity index (χ1) is 4.18. The van der Waals surface area contributed by atoms with E-state index in [1.165, 1.54) is 13.3 Å². The van der Waals surface area contributed by atoms with Crippen LogP contribution in [0.2, 0.25) is 0 Å². The summed E-state index contributed by atoms with van der Waals surface area (Å²) >= 11 is 0. The molecule has 0 aromatic rings. The molecule has 2 amide bonds. The van der Waals surface area contributed by atoms with E-state index < -0.39 is 6.03 Å². The van der Waals surface area contributed by atoms with Gasteiger partial charge in [-0.1, -0.05) is 6.92 Å². The molecular weight excluding hydrogens is 120 g/mol. The molecule has 0 rings (SSSR count). The number of aliphatic imine (C=N–C) groups is 1. The minimum Gasteiger partial charge on any atom is -0.285 e. The Kier molecular flexibility index (Phi) is 3.62. The fourth-order valence-corrected chi connectivity index (χ4v) is 0.253. The van der Waals surface area contributed by atoms with Crippen molar-refractivity contribution >= 4 is 12.2 Å². The summed E-state index contributed by atoms with van der Waals surface area (Å²) in [5, 5.41) is 8.85. The summed E-state index contributed by atoms with van der Waals surface area (Å²) in [5.74, 6) is 0. The van der Waals surface area contributed by atoms with Crippen LogP contribution in [0.1, 0.15) is 13.3 Å². The number of amides is 2. The molecule has 0 aromatic carbocycles.